The van der Waals surface area contributed by atoms with Crippen molar-refractivity contribution < 1.29 is 5.11 Å². The Kier molecular flexibility index (Phi) is 1.73. The highest BCUT2D eigenvalue weighted by Crippen LogP contribution is 2.24. The van der Waals surface area contributed by atoms with Gasteiger partial charge in [-0.05, 0) is 18.6 Å². The van der Waals surface area contributed by atoms with E-state index in [1.807, 2.05) is 6.07 Å². The molecule has 0 bridgehead atoms. The fourth-order valence-corrected chi connectivity index (χ4v) is 2.20. The number of imidazole rings is 1. The summed E-state index contributed by atoms with van der Waals surface area (Å²) in [5, 5.41) is 9.44. The van der Waals surface area contributed by atoms with Crippen molar-refractivity contribution in [1.29, 1.82) is 0 Å². The van der Waals surface area contributed by atoms with Crippen LogP contribution in [-0.2, 0) is 13.0 Å². The summed E-state index contributed by atoms with van der Waals surface area (Å²) in [6.07, 6.45) is 1.81. The van der Waals surface area contributed by atoms with Gasteiger partial charge in [-0.15, -0.1) is 0 Å². The molecule has 78 valence electrons. The topological polar surface area (TPSA) is 64.1 Å². The number of phenols is 1. The molecule has 1 aromatic carbocycles. The van der Waals surface area contributed by atoms with E-state index in [1.165, 1.54) is 0 Å². The zero-order valence-corrected chi connectivity index (χ0v) is 8.35. The highest BCUT2D eigenvalue weighted by molar-refractivity contribution is 5.77. The van der Waals surface area contributed by atoms with Gasteiger partial charge in [-0.1, -0.05) is 0 Å². The quantitative estimate of drug-likeness (QED) is 0.671. The minimum atomic E-state index is 0.225. The Morgan fingerprint density at radius 2 is 2.33 bits per heavy atom. The van der Waals surface area contributed by atoms with E-state index in [2.05, 4.69) is 9.55 Å². The zero-order chi connectivity index (χ0) is 10.4. The molecule has 0 spiro atoms. The lowest BCUT2D eigenvalue weighted by atomic mass is 10.1. The molecule has 0 fully saturated rings. The van der Waals surface area contributed by atoms with Gasteiger partial charge in [0.25, 0.3) is 0 Å². The molecular formula is C11H13N3O. The van der Waals surface area contributed by atoms with E-state index in [1.54, 1.807) is 12.1 Å². The number of hydrogen-bond donors (Lipinski definition) is 2. The van der Waals surface area contributed by atoms with Crippen molar-refractivity contribution in [2.24, 2.45) is 5.73 Å². The lowest BCUT2D eigenvalue weighted by Gasteiger charge is -2.19. The van der Waals surface area contributed by atoms with Gasteiger partial charge in [-0.3, -0.25) is 0 Å². The van der Waals surface area contributed by atoms with Crippen LogP contribution in [0.2, 0.25) is 0 Å². The minimum Gasteiger partial charge on any atom is -0.508 e. The van der Waals surface area contributed by atoms with Crippen molar-refractivity contribution >= 4 is 11.0 Å². The number of phenolic OH excluding ortho intramolecular Hbond substituents is 1. The van der Waals surface area contributed by atoms with E-state index in [-0.39, 0.29) is 6.04 Å². The van der Waals surface area contributed by atoms with Crippen LogP contribution >= 0.6 is 0 Å². The Morgan fingerprint density at radius 1 is 1.47 bits per heavy atom. The normalized spacial score (nSPS) is 20.5. The van der Waals surface area contributed by atoms with E-state index in [9.17, 15) is 5.11 Å². The third-order valence-corrected chi connectivity index (χ3v) is 2.98. The van der Waals surface area contributed by atoms with E-state index < -0.39 is 0 Å². The molecule has 4 heteroatoms. The van der Waals surface area contributed by atoms with Crippen LogP contribution in [0, 0.1) is 0 Å². The molecule has 1 atom stereocenters. The summed E-state index contributed by atoms with van der Waals surface area (Å²) in [5.41, 5.74) is 7.85. The maximum atomic E-state index is 9.44. The van der Waals surface area contributed by atoms with Gasteiger partial charge < -0.3 is 15.4 Å². The van der Waals surface area contributed by atoms with Gasteiger partial charge in [0.15, 0.2) is 0 Å². The Morgan fingerprint density at radius 3 is 3.20 bits per heavy atom. The molecule has 2 heterocycles. The van der Waals surface area contributed by atoms with Gasteiger partial charge in [-0.2, -0.15) is 0 Å². The van der Waals surface area contributed by atoms with Gasteiger partial charge in [0, 0.05) is 25.1 Å². The summed E-state index contributed by atoms with van der Waals surface area (Å²) < 4.78 is 2.15. The van der Waals surface area contributed by atoms with E-state index in [0.717, 1.165) is 36.2 Å². The first-order valence-corrected chi connectivity index (χ1v) is 5.18. The van der Waals surface area contributed by atoms with Crippen molar-refractivity contribution in [3.8, 4) is 5.75 Å². The van der Waals surface area contributed by atoms with Crippen molar-refractivity contribution in [2.75, 3.05) is 0 Å². The molecule has 1 aromatic heterocycles. The number of nitrogens with zero attached hydrogens (tertiary/aromatic N) is 2. The fraction of sp³-hybridized carbons (Fsp3) is 0.364. The van der Waals surface area contributed by atoms with Crippen LogP contribution < -0.4 is 5.73 Å². The summed E-state index contributed by atoms with van der Waals surface area (Å²) in [6.45, 7) is 0.899. The summed E-state index contributed by atoms with van der Waals surface area (Å²) in [4.78, 5) is 4.52. The van der Waals surface area contributed by atoms with Crippen LogP contribution in [0.15, 0.2) is 18.2 Å². The van der Waals surface area contributed by atoms with Crippen LogP contribution in [-0.4, -0.2) is 20.7 Å². The summed E-state index contributed by atoms with van der Waals surface area (Å²) in [7, 11) is 0. The highest BCUT2D eigenvalue weighted by atomic mass is 16.3. The van der Waals surface area contributed by atoms with Crippen LogP contribution in [0.4, 0.5) is 0 Å². The van der Waals surface area contributed by atoms with Crippen molar-refractivity contribution in [3.05, 3.63) is 24.0 Å². The van der Waals surface area contributed by atoms with Crippen molar-refractivity contribution in [2.45, 2.75) is 25.4 Å². The Hall–Kier alpha value is -1.55. The summed E-state index contributed by atoms with van der Waals surface area (Å²) in [5.74, 6) is 1.33. The average molecular weight is 203 g/mol. The van der Waals surface area contributed by atoms with E-state index >= 15 is 0 Å². The monoisotopic (exact) mass is 203 g/mol. The molecule has 0 saturated heterocycles. The molecule has 0 amide bonds. The molecule has 0 aliphatic carbocycles. The van der Waals surface area contributed by atoms with Gasteiger partial charge in [-0.25, -0.2) is 4.98 Å². The predicted octanol–water partition coefficient (Wildman–Crippen LogP) is 1.02. The zero-order valence-electron chi connectivity index (χ0n) is 8.35. The Bertz CT molecular complexity index is 518. The Balaban J connectivity index is 2.24. The van der Waals surface area contributed by atoms with Crippen LogP contribution in [0.1, 0.15) is 12.2 Å². The standard InChI is InChI=1S/C11H13N3O/c12-7-3-4-14-10-6-8(15)1-2-9(10)13-11(14)5-7/h1-2,6-7,15H,3-5,12H2. The number of hydrogen-bond acceptors (Lipinski definition) is 3. The van der Waals surface area contributed by atoms with Crippen LogP contribution in [0.25, 0.3) is 11.0 Å². The molecule has 0 radical (unpaired) electrons. The number of rotatable bonds is 0. The van der Waals surface area contributed by atoms with Gasteiger partial charge in [0.2, 0.25) is 0 Å². The molecule has 4 nitrogen and oxygen atoms in total. The second kappa shape index (κ2) is 2.97. The largest absolute Gasteiger partial charge is 0.508 e. The lowest BCUT2D eigenvalue weighted by molar-refractivity contribution is 0.467. The molecule has 1 aliphatic heterocycles. The SMILES string of the molecule is NC1CCn2c(nc3ccc(O)cc32)C1. The lowest BCUT2D eigenvalue weighted by Crippen LogP contribution is -2.30. The molecule has 15 heavy (non-hydrogen) atoms. The molecule has 1 unspecified atom stereocenters. The third-order valence-electron chi connectivity index (χ3n) is 2.98. The maximum absolute atomic E-state index is 9.44. The van der Waals surface area contributed by atoms with Gasteiger partial charge in [0.05, 0.1) is 11.0 Å². The summed E-state index contributed by atoms with van der Waals surface area (Å²) >= 11 is 0. The van der Waals surface area contributed by atoms with Crippen LogP contribution in [0.5, 0.6) is 5.75 Å². The van der Waals surface area contributed by atoms with Crippen molar-refractivity contribution in [1.82, 2.24) is 9.55 Å². The molecule has 3 rings (SSSR count). The van der Waals surface area contributed by atoms with Crippen LogP contribution in [0.3, 0.4) is 0 Å². The number of nitrogens with two attached hydrogens (primary N) is 1. The van der Waals surface area contributed by atoms with Gasteiger partial charge >= 0.3 is 0 Å². The highest BCUT2D eigenvalue weighted by Gasteiger charge is 2.19. The summed E-state index contributed by atoms with van der Waals surface area (Å²) in [6, 6.07) is 5.51. The number of benzene rings is 1. The predicted molar refractivity (Wildman–Crippen MR) is 57.7 cm³/mol. The molecule has 0 saturated carbocycles. The molecule has 1 aliphatic rings. The second-order valence-electron chi connectivity index (χ2n) is 4.11. The smallest absolute Gasteiger partial charge is 0.117 e. The first-order chi connectivity index (χ1) is 7.24. The first kappa shape index (κ1) is 8.73. The van der Waals surface area contributed by atoms with Crippen molar-refractivity contribution in [3.63, 3.8) is 0 Å². The maximum Gasteiger partial charge on any atom is 0.117 e. The Labute approximate surface area is 87.3 Å². The molecular weight excluding hydrogens is 190 g/mol. The van der Waals surface area contributed by atoms with E-state index in [0.29, 0.717) is 5.75 Å². The second-order valence-corrected chi connectivity index (χ2v) is 4.11. The minimum absolute atomic E-state index is 0.225. The van der Waals surface area contributed by atoms with Gasteiger partial charge in [0.1, 0.15) is 11.6 Å². The number of aromatic nitrogens is 2. The fourth-order valence-electron chi connectivity index (χ4n) is 2.20. The third kappa shape index (κ3) is 1.29. The number of fused-ring (bicyclic) bond motifs is 3. The molecule has 3 N–H and O–H groups in total. The first-order valence-electron chi connectivity index (χ1n) is 5.18. The molecule has 2 aromatic rings. The average Bonchev–Trinajstić information content (AvgIpc) is 2.54. The number of aryl methyl sites for hydroxylation is 1. The van der Waals surface area contributed by atoms with E-state index in [4.69, 9.17) is 5.73 Å². The number of aromatic hydroxyl groups is 1.